The Balaban J connectivity index is 1.65. The lowest BCUT2D eigenvalue weighted by Gasteiger charge is -2.23. The van der Waals surface area contributed by atoms with E-state index in [1.54, 1.807) is 18.3 Å². The topological polar surface area (TPSA) is 91.4 Å². The highest BCUT2D eigenvalue weighted by Gasteiger charge is 2.38. The van der Waals surface area contributed by atoms with Crippen LogP contribution in [0.2, 0.25) is 0 Å². The summed E-state index contributed by atoms with van der Waals surface area (Å²) in [6.45, 7) is 1.86. The molecule has 1 aliphatic carbocycles. The summed E-state index contributed by atoms with van der Waals surface area (Å²) in [6.07, 6.45) is 6.17. The summed E-state index contributed by atoms with van der Waals surface area (Å²) < 4.78 is 0. The fourth-order valence-electron chi connectivity index (χ4n) is 3.48. The van der Waals surface area contributed by atoms with Gasteiger partial charge in [0.15, 0.2) is 5.82 Å². The molecule has 1 aromatic heterocycles. The molecule has 7 heteroatoms. The number of aromatic nitrogens is 1. The molecule has 0 bridgehead atoms. The molecule has 2 N–H and O–H groups in total. The van der Waals surface area contributed by atoms with Gasteiger partial charge in [-0.15, -0.1) is 0 Å². The van der Waals surface area contributed by atoms with E-state index in [9.17, 15) is 14.4 Å². The van der Waals surface area contributed by atoms with Crippen molar-refractivity contribution in [2.45, 2.75) is 45.1 Å². The van der Waals surface area contributed by atoms with Crippen LogP contribution >= 0.6 is 0 Å². The Morgan fingerprint density at radius 2 is 2.00 bits per heavy atom. The molecule has 24 heavy (non-hydrogen) atoms. The van der Waals surface area contributed by atoms with Gasteiger partial charge in [-0.25, -0.2) is 4.98 Å². The van der Waals surface area contributed by atoms with Gasteiger partial charge in [-0.1, -0.05) is 12.8 Å². The fourth-order valence-corrected chi connectivity index (χ4v) is 3.48. The van der Waals surface area contributed by atoms with Crippen LogP contribution in [-0.4, -0.2) is 40.2 Å². The number of nitrogens with zero attached hydrogens (tertiary/aromatic N) is 2. The smallest absolute Gasteiger partial charge is 0.229 e. The van der Waals surface area contributed by atoms with Gasteiger partial charge in [0.05, 0.1) is 11.6 Å². The van der Waals surface area contributed by atoms with Crippen molar-refractivity contribution < 1.29 is 14.4 Å². The molecule has 1 unspecified atom stereocenters. The number of carbonyl (C=O) groups excluding carboxylic acids is 3. The Hall–Kier alpha value is -2.44. The highest BCUT2D eigenvalue weighted by atomic mass is 16.2. The summed E-state index contributed by atoms with van der Waals surface area (Å²) in [5.41, 5.74) is 0.449. The molecular weight excluding hydrogens is 308 g/mol. The lowest BCUT2D eigenvalue weighted by molar-refractivity contribution is -0.130. The Kier molecular flexibility index (Phi) is 4.78. The minimum absolute atomic E-state index is 0.0651. The van der Waals surface area contributed by atoms with E-state index in [0.29, 0.717) is 24.1 Å². The molecule has 0 spiro atoms. The monoisotopic (exact) mass is 330 g/mol. The highest BCUT2D eigenvalue weighted by Crippen LogP contribution is 2.30. The summed E-state index contributed by atoms with van der Waals surface area (Å²) in [4.78, 5) is 41.9. The average Bonchev–Trinajstić information content (AvgIpc) is 3.17. The number of hydrogen-bond donors (Lipinski definition) is 2. The molecule has 2 fully saturated rings. The van der Waals surface area contributed by atoms with E-state index < -0.39 is 0 Å². The minimum atomic E-state index is -0.358. The summed E-state index contributed by atoms with van der Waals surface area (Å²) in [5.74, 6) is -0.440. The van der Waals surface area contributed by atoms with Crippen LogP contribution in [-0.2, 0) is 14.4 Å². The van der Waals surface area contributed by atoms with Gasteiger partial charge in [0.2, 0.25) is 17.7 Å². The summed E-state index contributed by atoms with van der Waals surface area (Å²) >= 11 is 0. The first kappa shape index (κ1) is 16.4. The third-order valence-electron chi connectivity index (χ3n) is 4.65. The van der Waals surface area contributed by atoms with Crippen LogP contribution < -0.4 is 10.6 Å². The zero-order valence-electron chi connectivity index (χ0n) is 13.7. The number of likely N-dealkylation sites (tertiary alicyclic amines) is 1. The zero-order valence-corrected chi connectivity index (χ0v) is 13.7. The van der Waals surface area contributed by atoms with Gasteiger partial charge < -0.3 is 15.5 Å². The van der Waals surface area contributed by atoms with Crippen LogP contribution in [0.3, 0.4) is 0 Å². The van der Waals surface area contributed by atoms with Gasteiger partial charge in [-0.05, 0) is 25.0 Å². The van der Waals surface area contributed by atoms with Crippen molar-refractivity contribution in [1.29, 1.82) is 0 Å². The molecule has 3 rings (SSSR count). The molecule has 0 radical (unpaired) electrons. The van der Waals surface area contributed by atoms with Crippen molar-refractivity contribution in [2.24, 2.45) is 5.92 Å². The van der Waals surface area contributed by atoms with Gasteiger partial charge in [-0.3, -0.25) is 14.4 Å². The lowest BCUT2D eigenvalue weighted by atomic mass is 10.1. The predicted molar refractivity (Wildman–Crippen MR) is 89.2 cm³/mol. The summed E-state index contributed by atoms with van der Waals surface area (Å²) in [5, 5.41) is 5.38. The number of anilines is 2. The van der Waals surface area contributed by atoms with Crippen molar-refractivity contribution in [3.05, 3.63) is 18.3 Å². The van der Waals surface area contributed by atoms with Crippen LogP contribution in [0.5, 0.6) is 0 Å². The van der Waals surface area contributed by atoms with E-state index in [1.165, 1.54) is 6.92 Å². The zero-order chi connectivity index (χ0) is 17.1. The first-order valence-electron chi connectivity index (χ1n) is 8.37. The molecule has 7 nitrogen and oxygen atoms in total. The maximum absolute atomic E-state index is 12.5. The number of rotatable bonds is 4. The Morgan fingerprint density at radius 1 is 1.25 bits per heavy atom. The van der Waals surface area contributed by atoms with Crippen molar-refractivity contribution >= 4 is 29.2 Å². The summed E-state index contributed by atoms with van der Waals surface area (Å²) in [6, 6.07) is 3.66. The van der Waals surface area contributed by atoms with Crippen molar-refractivity contribution in [1.82, 2.24) is 9.88 Å². The molecule has 2 aliphatic rings. The van der Waals surface area contributed by atoms with E-state index in [-0.39, 0.29) is 30.1 Å². The van der Waals surface area contributed by atoms with Crippen LogP contribution in [0.25, 0.3) is 0 Å². The maximum Gasteiger partial charge on any atom is 0.229 e. The van der Waals surface area contributed by atoms with Crippen LogP contribution in [0.4, 0.5) is 11.5 Å². The molecule has 2 heterocycles. The van der Waals surface area contributed by atoms with Crippen molar-refractivity contribution in [3.8, 4) is 0 Å². The number of carbonyl (C=O) groups is 3. The van der Waals surface area contributed by atoms with E-state index >= 15 is 0 Å². The summed E-state index contributed by atoms with van der Waals surface area (Å²) in [7, 11) is 0. The molecule has 1 saturated carbocycles. The number of hydrogen-bond acceptors (Lipinski definition) is 4. The average molecular weight is 330 g/mol. The number of pyridine rings is 1. The Bertz CT molecular complexity index is 655. The quantitative estimate of drug-likeness (QED) is 0.880. The standard InChI is InChI=1S/C17H22N4O3/c1-11(22)19-16-14(7-4-8-18-16)20-17(24)12-9-15(23)21(10-12)13-5-2-3-6-13/h4,7-8,12-13H,2-3,5-6,9-10H2,1H3,(H,20,24)(H,18,19,22). The maximum atomic E-state index is 12.5. The van der Waals surface area contributed by atoms with E-state index in [0.717, 1.165) is 25.7 Å². The van der Waals surface area contributed by atoms with E-state index in [4.69, 9.17) is 0 Å². The fraction of sp³-hybridized carbons (Fsp3) is 0.529. The van der Waals surface area contributed by atoms with Crippen molar-refractivity contribution in [3.63, 3.8) is 0 Å². The minimum Gasteiger partial charge on any atom is -0.339 e. The highest BCUT2D eigenvalue weighted by molar-refractivity contribution is 6.00. The normalized spacial score (nSPS) is 21.1. The second kappa shape index (κ2) is 6.98. The van der Waals surface area contributed by atoms with Gasteiger partial charge in [0.25, 0.3) is 0 Å². The Morgan fingerprint density at radius 3 is 2.71 bits per heavy atom. The third kappa shape index (κ3) is 3.55. The predicted octanol–water partition coefficient (Wildman–Crippen LogP) is 1.77. The van der Waals surface area contributed by atoms with Gasteiger partial charge >= 0.3 is 0 Å². The molecule has 0 aromatic carbocycles. The van der Waals surface area contributed by atoms with E-state index in [2.05, 4.69) is 15.6 Å². The largest absolute Gasteiger partial charge is 0.339 e. The second-order valence-corrected chi connectivity index (χ2v) is 6.46. The molecule has 1 saturated heterocycles. The first-order valence-corrected chi connectivity index (χ1v) is 8.37. The molecule has 1 atom stereocenters. The van der Waals surface area contributed by atoms with Gasteiger partial charge in [0, 0.05) is 32.1 Å². The van der Waals surface area contributed by atoms with Crippen LogP contribution in [0, 0.1) is 5.92 Å². The molecule has 1 aromatic rings. The van der Waals surface area contributed by atoms with E-state index in [1.807, 2.05) is 4.90 Å². The first-order chi connectivity index (χ1) is 11.5. The SMILES string of the molecule is CC(=O)Nc1ncccc1NC(=O)C1CC(=O)N(C2CCCC2)C1. The van der Waals surface area contributed by atoms with Crippen LogP contribution in [0.15, 0.2) is 18.3 Å². The number of amides is 3. The van der Waals surface area contributed by atoms with Gasteiger partial charge in [-0.2, -0.15) is 0 Å². The molecule has 128 valence electrons. The lowest BCUT2D eigenvalue weighted by Crippen LogP contribution is -2.35. The van der Waals surface area contributed by atoms with Crippen LogP contribution in [0.1, 0.15) is 39.0 Å². The Labute approximate surface area is 140 Å². The second-order valence-electron chi connectivity index (χ2n) is 6.46. The number of nitrogens with one attached hydrogen (secondary N) is 2. The molecule has 3 amide bonds. The molecular formula is C17H22N4O3. The third-order valence-corrected chi connectivity index (χ3v) is 4.65. The molecule has 1 aliphatic heterocycles. The van der Waals surface area contributed by atoms with Gasteiger partial charge in [0.1, 0.15) is 0 Å². The van der Waals surface area contributed by atoms with Crippen molar-refractivity contribution in [2.75, 3.05) is 17.2 Å².